The van der Waals surface area contributed by atoms with Crippen LogP contribution in [0.15, 0.2) is 67.0 Å². The molecule has 2 atom stereocenters. The number of rotatable bonds is 6. The quantitative estimate of drug-likeness (QED) is 0.325. The maximum Gasteiger partial charge on any atom is 0.269 e. The second-order valence-corrected chi connectivity index (χ2v) is 7.08. The minimum absolute atomic E-state index is 0.0673. The number of aromatic amines is 1. The molecule has 156 valence electrons. The van der Waals surface area contributed by atoms with E-state index in [1.54, 1.807) is 37.5 Å². The zero-order valence-electron chi connectivity index (χ0n) is 16.5. The zero-order valence-corrected chi connectivity index (χ0v) is 16.5. The van der Waals surface area contributed by atoms with Gasteiger partial charge in [-0.25, -0.2) is 4.98 Å². The smallest absolute Gasteiger partial charge is 0.269 e. The van der Waals surface area contributed by atoms with Gasteiger partial charge in [-0.1, -0.05) is 6.07 Å². The van der Waals surface area contributed by atoms with Gasteiger partial charge < -0.3 is 15.4 Å². The molecule has 0 radical (unpaired) electrons. The van der Waals surface area contributed by atoms with Crippen molar-refractivity contribution in [1.82, 2.24) is 20.3 Å². The number of nitro benzene ring substituents is 1. The van der Waals surface area contributed by atoms with Gasteiger partial charge in [0.2, 0.25) is 0 Å². The Balaban J connectivity index is 1.55. The molecule has 31 heavy (non-hydrogen) atoms. The Bertz CT molecular complexity index is 1240. The molecule has 9 nitrogen and oxygen atoms in total. The van der Waals surface area contributed by atoms with E-state index in [-0.39, 0.29) is 11.6 Å². The fraction of sp³-hybridized carbons (Fsp3) is 0.136. The molecule has 2 heterocycles. The summed E-state index contributed by atoms with van der Waals surface area (Å²) in [6, 6.07) is 13.9. The molecule has 1 amide bonds. The molecule has 2 aromatic carbocycles. The molecule has 2 aromatic heterocycles. The highest BCUT2D eigenvalue weighted by molar-refractivity contribution is 6.05. The molecule has 0 aliphatic carbocycles. The van der Waals surface area contributed by atoms with E-state index < -0.39 is 17.1 Å². The lowest BCUT2D eigenvalue weighted by molar-refractivity contribution is -0.384. The van der Waals surface area contributed by atoms with Crippen LogP contribution in [0.1, 0.15) is 28.9 Å². The van der Waals surface area contributed by atoms with Crippen LogP contribution in [0.4, 0.5) is 5.69 Å². The number of non-ortho nitro benzene ring substituents is 1. The molecule has 9 heteroatoms. The summed E-state index contributed by atoms with van der Waals surface area (Å²) < 4.78 is 0. The van der Waals surface area contributed by atoms with Crippen molar-refractivity contribution < 1.29 is 14.8 Å². The average Bonchev–Trinajstić information content (AvgIpc) is 3.23. The lowest BCUT2D eigenvalue weighted by atomic mass is 10.0. The molecule has 0 aliphatic rings. The van der Waals surface area contributed by atoms with Crippen LogP contribution in [0.2, 0.25) is 0 Å². The number of nitrogens with zero attached hydrogens (tertiary/aromatic N) is 3. The Morgan fingerprint density at radius 3 is 2.61 bits per heavy atom. The van der Waals surface area contributed by atoms with E-state index in [9.17, 15) is 20.0 Å². The number of hydrogen-bond acceptors (Lipinski definition) is 6. The number of hydrogen-bond donors (Lipinski definition) is 3. The third-order valence-electron chi connectivity index (χ3n) is 4.97. The number of benzene rings is 2. The lowest BCUT2D eigenvalue weighted by Crippen LogP contribution is -2.37. The minimum Gasteiger partial charge on any atom is -0.386 e. The van der Waals surface area contributed by atoms with E-state index in [0.717, 1.165) is 5.56 Å². The Morgan fingerprint density at radius 2 is 1.94 bits per heavy atom. The molecule has 2 unspecified atom stereocenters. The SMILES string of the molecule is CC(NC(=O)c1cccc2[nH]c(-c3cccnc3)nc12)C(O)c1ccc([N+](=O)[O-])cc1. The molecule has 0 fully saturated rings. The molecule has 0 aliphatic heterocycles. The third-order valence-corrected chi connectivity index (χ3v) is 4.97. The zero-order chi connectivity index (χ0) is 22.0. The fourth-order valence-electron chi connectivity index (χ4n) is 3.30. The second-order valence-electron chi connectivity index (χ2n) is 7.08. The predicted octanol–water partition coefficient (Wildman–Crippen LogP) is 3.39. The van der Waals surface area contributed by atoms with E-state index in [1.165, 1.54) is 24.3 Å². The van der Waals surface area contributed by atoms with E-state index in [4.69, 9.17) is 0 Å². The number of nitrogens with one attached hydrogen (secondary N) is 2. The van der Waals surface area contributed by atoms with Crippen molar-refractivity contribution in [2.45, 2.75) is 19.1 Å². The van der Waals surface area contributed by atoms with Crippen LogP contribution in [0.25, 0.3) is 22.4 Å². The summed E-state index contributed by atoms with van der Waals surface area (Å²) in [7, 11) is 0. The van der Waals surface area contributed by atoms with Gasteiger partial charge >= 0.3 is 0 Å². The summed E-state index contributed by atoms with van der Waals surface area (Å²) in [6.45, 7) is 1.66. The van der Waals surface area contributed by atoms with Crippen LogP contribution >= 0.6 is 0 Å². The summed E-state index contributed by atoms with van der Waals surface area (Å²) in [6.07, 6.45) is 2.32. The van der Waals surface area contributed by atoms with Gasteiger partial charge in [0.1, 0.15) is 11.3 Å². The Labute approximate surface area is 176 Å². The highest BCUT2D eigenvalue weighted by Gasteiger charge is 2.22. The molecule has 0 spiro atoms. The Kier molecular flexibility index (Phi) is 5.42. The van der Waals surface area contributed by atoms with E-state index >= 15 is 0 Å². The summed E-state index contributed by atoms with van der Waals surface area (Å²) >= 11 is 0. The number of fused-ring (bicyclic) bond motifs is 1. The number of pyridine rings is 1. The molecule has 0 bridgehead atoms. The maximum atomic E-state index is 12.9. The van der Waals surface area contributed by atoms with E-state index in [1.807, 2.05) is 12.1 Å². The Hall–Kier alpha value is -4.11. The second kappa shape index (κ2) is 8.33. The highest BCUT2D eigenvalue weighted by Crippen LogP contribution is 2.24. The van der Waals surface area contributed by atoms with Gasteiger partial charge in [-0.05, 0) is 48.9 Å². The summed E-state index contributed by atoms with van der Waals surface area (Å²) in [5, 5.41) is 24.1. The Morgan fingerprint density at radius 1 is 1.16 bits per heavy atom. The van der Waals surface area contributed by atoms with Gasteiger partial charge in [0.05, 0.1) is 28.1 Å². The van der Waals surface area contributed by atoms with Crippen LogP contribution in [-0.2, 0) is 0 Å². The molecule has 3 N–H and O–H groups in total. The predicted molar refractivity (Wildman–Crippen MR) is 114 cm³/mol. The first-order valence-electron chi connectivity index (χ1n) is 9.56. The van der Waals surface area contributed by atoms with Gasteiger partial charge in [0.15, 0.2) is 0 Å². The number of carbonyl (C=O) groups excluding carboxylic acids is 1. The minimum atomic E-state index is -1.03. The molecular weight excluding hydrogens is 398 g/mol. The maximum absolute atomic E-state index is 12.9. The van der Waals surface area contributed by atoms with Crippen LogP contribution < -0.4 is 5.32 Å². The summed E-state index contributed by atoms with van der Waals surface area (Å²) in [4.78, 5) is 35.0. The van der Waals surface area contributed by atoms with Crippen molar-refractivity contribution in [3.05, 3.63) is 88.2 Å². The standard InChI is InChI=1S/C22H19N5O4/c1-13(20(28)14-7-9-16(10-8-14)27(30)31)24-22(29)17-5-2-6-18-19(17)26-21(25-18)15-4-3-11-23-12-15/h2-13,20,28H,1H3,(H,24,29)(H,25,26). The molecular formula is C22H19N5O4. The molecule has 4 aromatic rings. The number of H-pyrrole nitrogens is 1. The van der Waals surface area contributed by atoms with Crippen molar-refractivity contribution in [2.24, 2.45) is 0 Å². The van der Waals surface area contributed by atoms with Crippen molar-refractivity contribution in [2.75, 3.05) is 0 Å². The van der Waals surface area contributed by atoms with Gasteiger partial charge in [-0.3, -0.25) is 19.9 Å². The average molecular weight is 417 g/mol. The van der Waals surface area contributed by atoms with E-state index in [2.05, 4.69) is 20.3 Å². The number of carbonyl (C=O) groups is 1. The lowest BCUT2D eigenvalue weighted by Gasteiger charge is -2.20. The fourth-order valence-corrected chi connectivity index (χ4v) is 3.30. The molecule has 0 saturated heterocycles. The number of imidazole rings is 1. The monoisotopic (exact) mass is 417 g/mol. The van der Waals surface area contributed by atoms with Crippen LogP contribution in [0, 0.1) is 10.1 Å². The normalized spacial score (nSPS) is 13.0. The first-order valence-corrected chi connectivity index (χ1v) is 9.56. The van der Waals surface area contributed by atoms with Gasteiger partial charge in [-0.2, -0.15) is 0 Å². The third kappa shape index (κ3) is 4.12. The summed E-state index contributed by atoms with van der Waals surface area (Å²) in [5.41, 5.74) is 2.78. The molecule has 4 rings (SSSR count). The molecule has 0 saturated carbocycles. The van der Waals surface area contributed by atoms with Crippen LogP contribution in [0.5, 0.6) is 0 Å². The van der Waals surface area contributed by atoms with Gasteiger partial charge in [-0.15, -0.1) is 0 Å². The topological polar surface area (TPSA) is 134 Å². The number of aliphatic hydroxyl groups is 1. The first-order chi connectivity index (χ1) is 14.9. The van der Waals surface area contributed by atoms with Crippen molar-refractivity contribution in [3.8, 4) is 11.4 Å². The number of aromatic nitrogens is 3. The van der Waals surface area contributed by atoms with Crippen molar-refractivity contribution in [1.29, 1.82) is 0 Å². The van der Waals surface area contributed by atoms with Gasteiger partial charge in [0.25, 0.3) is 11.6 Å². The number of aliphatic hydroxyl groups excluding tert-OH is 1. The van der Waals surface area contributed by atoms with E-state index in [0.29, 0.717) is 28.0 Å². The van der Waals surface area contributed by atoms with Crippen molar-refractivity contribution >= 4 is 22.6 Å². The highest BCUT2D eigenvalue weighted by atomic mass is 16.6. The first kappa shape index (κ1) is 20.2. The number of amides is 1. The summed E-state index contributed by atoms with van der Waals surface area (Å²) in [5.74, 6) is 0.214. The largest absolute Gasteiger partial charge is 0.386 e. The number of nitro groups is 1. The van der Waals surface area contributed by atoms with Gasteiger partial charge in [0, 0.05) is 30.1 Å². The van der Waals surface area contributed by atoms with Crippen LogP contribution in [0.3, 0.4) is 0 Å². The van der Waals surface area contributed by atoms with Crippen molar-refractivity contribution in [3.63, 3.8) is 0 Å². The number of para-hydroxylation sites is 1. The van der Waals surface area contributed by atoms with Crippen LogP contribution in [-0.4, -0.2) is 36.9 Å².